The van der Waals surface area contributed by atoms with E-state index in [1.165, 1.54) is 19.3 Å². The van der Waals surface area contributed by atoms with E-state index in [0.29, 0.717) is 42.5 Å². The predicted molar refractivity (Wildman–Crippen MR) is 145 cm³/mol. The number of aromatic nitrogens is 2. The second-order valence-electron chi connectivity index (χ2n) is 10.9. The van der Waals surface area contributed by atoms with Gasteiger partial charge in [-0.25, -0.2) is 4.39 Å². The molecule has 5 heterocycles. The van der Waals surface area contributed by atoms with Crippen molar-refractivity contribution in [3.05, 3.63) is 42.2 Å². The first-order valence-corrected chi connectivity index (χ1v) is 13.6. The molecule has 0 radical (unpaired) electrons. The van der Waals surface area contributed by atoms with E-state index in [0.717, 1.165) is 55.2 Å². The summed E-state index contributed by atoms with van der Waals surface area (Å²) in [5, 5.41) is 7.85. The second kappa shape index (κ2) is 9.29. The summed E-state index contributed by atoms with van der Waals surface area (Å²) in [7, 11) is 2.13. The summed E-state index contributed by atoms with van der Waals surface area (Å²) in [6.07, 6.45) is 4.60. The molecule has 3 fully saturated rings. The molecule has 0 aliphatic carbocycles. The van der Waals surface area contributed by atoms with E-state index < -0.39 is 0 Å². The Morgan fingerprint density at radius 3 is 2.65 bits per heavy atom. The van der Waals surface area contributed by atoms with Crippen LogP contribution >= 0.6 is 0 Å². The van der Waals surface area contributed by atoms with Crippen LogP contribution in [0.5, 0.6) is 6.01 Å². The molecule has 8 nitrogen and oxygen atoms in total. The maximum absolute atomic E-state index is 16.4. The fraction of sp³-hybridized carbons (Fsp3) is 0.500. The number of halogens is 1. The maximum atomic E-state index is 16.4. The molecule has 9 heteroatoms. The first-order valence-electron chi connectivity index (χ1n) is 13.6. The Kier molecular flexibility index (Phi) is 5.77. The van der Waals surface area contributed by atoms with Gasteiger partial charge in [0.2, 0.25) is 0 Å². The smallest absolute Gasteiger partial charge is 0.319 e. The van der Waals surface area contributed by atoms with E-state index in [4.69, 9.17) is 9.72 Å². The lowest BCUT2D eigenvalue weighted by Crippen LogP contribution is -2.51. The second-order valence-corrected chi connectivity index (χ2v) is 10.9. The highest BCUT2D eigenvalue weighted by atomic mass is 19.1. The Balaban J connectivity index is 1.30. The summed E-state index contributed by atoms with van der Waals surface area (Å²) in [5.74, 6) is 0.461. The van der Waals surface area contributed by atoms with Gasteiger partial charge in [0.05, 0.1) is 17.1 Å². The van der Waals surface area contributed by atoms with E-state index in [-0.39, 0.29) is 11.8 Å². The minimum absolute atomic E-state index is 0.269. The van der Waals surface area contributed by atoms with Crippen LogP contribution in [0.2, 0.25) is 0 Å². The quantitative estimate of drug-likeness (QED) is 0.546. The maximum Gasteiger partial charge on any atom is 0.319 e. The van der Waals surface area contributed by atoms with Gasteiger partial charge in [0.15, 0.2) is 5.82 Å². The van der Waals surface area contributed by atoms with Gasteiger partial charge in [0, 0.05) is 49.7 Å². The van der Waals surface area contributed by atoms with Crippen molar-refractivity contribution in [2.75, 3.05) is 61.5 Å². The van der Waals surface area contributed by atoms with Crippen LogP contribution < -0.4 is 25.2 Å². The lowest BCUT2D eigenvalue weighted by molar-refractivity contribution is 0.188. The van der Waals surface area contributed by atoms with Crippen LogP contribution in [0, 0.1) is 5.82 Å². The Morgan fingerprint density at radius 1 is 1.00 bits per heavy atom. The third-order valence-electron chi connectivity index (χ3n) is 8.47. The molecule has 0 amide bonds. The minimum Gasteiger partial charge on any atom is -0.462 e. The van der Waals surface area contributed by atoms with Crippen molar-refractivity contribution in [2.45, 2.75) is 43.8 Å². The average molecular weight is 504 g/mol. The van der Waals surface area contributed by atoms with Gasteiger partial charge in [-0.1, -0.05) is 12.1 Å². The zero-order valence-electron chi connectivity index (χ0n) is 21.3. The van der Waals surface area contributed by atoms with Crippen molar-refractivity contribution >= 4 is 33.8 Å². The summed E-state index contributed by atoms with van der Waals surface area (Å²) in [5.41, 5.74) is 2.85. The molecular formula is C28H34FN7O. The highest BCUT2D eigenvalue weighted by Gasteiger charge is 2.34. The topological polar surface area (TPSA) is 68.8 Å². The molecule has 0 saturated carbocycles. The number of anilines is 4. The lowest BCUT2D eigenvalue weighted by atomic mass is 10.1. The Labute approximate surface area is 216 Å². The standard InChI is InChI=1S/C28H34FN7O/c1-34-13-4-5-20(34)17-37-28-32-26-21(27(33-28)35-15-18-8-9-19(16-35)31-18)10-11-24(25(26)29)36-14-12-30-22-6-2-3-7-23(22)36/h2-3,6-7,10-11,18-20,30-31H,4-5,8-9,12-17H2,1H3. The van der Waals surface area contributed by atoms with Gasteiger partial charge < -0.3 is 30.1 Å². The molecule has 2 N–H and O–H groups in total. The SMILES string of the molecule is CN1CCCC1COc1nc(N2CC3CCC(C2)N3)c2ccc(N3CCNc4ccccc43)c(F)c2n1. The first-order chi connectivity index (χ1) is 18.1. The van der Waals surface area contributed by atoms with E-state index >= 15 is 4.39 Å². The number of hydrogen-bond donors (Lipinski definition) is 2. The molecule has 4 aliphatic heterocycles. The summed E-state index contributed by atoms with van der Waals surface area (Å²) in [6.45, 7) is 4.74. The Hall–Kier alpha value is -3.17. The number of ether oxygens (including phenoxy) is 1. The number of rotatable bonds is 5. The first kappa shape index (κ1) is 23.0. The number of benzene rings is 2. The van der Waals surface area contributed by atoms with Crippen LogP contribution in [0.3, 0.4) is 0 Å². The Morgan fingerprint density at radius 2 is 1.84 bits per heavy atom. The zero-order valence-corrected chi connectivity index (χ0v) is 21.3. The van der Waals surface area contributed by atoms with Crippen molar-refractivity contribution in [3.63, 3.8) is 0 Å². The number of piperazine rings is 1. The van der Waals surface area contributed by atoms with Gasteiger partial charge in [0.1, 0.15) is 17.9 Å². The van der Waals surface area contributed by atoms with Crippen LogP contribution in [0.15, 0.2) is 36.4 Å². The number of likely N-dealkylation sites (N-methyl/N-ethyl adjacent to an activating group) is 1. The summed E-state index contributed by atoms with van der Waals surface area (Å²) < 4.78 is 22.6. The monoisotopic (exact) mass is 503 g/mol. The minimum atomic E-state index is -0.321. The fourth-order valence-electron chi connectivity index (χ4n) is 6.49. The van der Waals surface area contributed by atoms with Crippen molar-refractivity contribution in [1.82, 2.24) is 20.2 Å². The normalized spacial score (nSPS) is 25.4. The third kappa shape index (κ3) is 4.14. The van der Waals surface area contributed by atoms with Crippen LogP contribution in [-0.4, -0.2) is 79.4 Å². The molecule has 2 aromatic carbocycles. The van der Waals surface area contributed by atoms with Crippen LogP contribution in [0.1, 0.15) is 25.7 Å². The molecule has 4 aliphatic rings. The van der Waals surface area contributed by atoms with Crippen molar-refractivity contribution in [1.29, 1.82) is 0 Å². The molecule has 194 valence electrons. The van der Waals surface area contributed by atoms with E-state index in [9.17, 15) is 0 Å². The van der Waals surface area contributed by atoms with Gasteiger partial charge in [-0.05, 0) is 63.5 Å². The molecule has 0 spiro atoms. The number of nitrogens with zero attached hydrogens (tertiary/aromatic N) is 5. The molecular weight excluding hydrogens is 469 g/mol. The summed E-state index contributed by atoms with van der Waals surface area (Å²) in [4.78, 5) is 16.2. The summed E-state index contributed by atoms with van der Waals surface area (Å²) in [6, 6.07) is 13.4. The molecule has 2 bridgehead atoms. The predicted octanol–water partition coefficient (Wildman–Crippen LogP) is 3.75. The highest BCUT2D eigenvalue weighted by Crippen LogP contribution is 2.39. The number of para-hydroxylation sites is 2. The van der Waals surface area contributed by atoms with E-state index in [1.807, 2.05) is 41.3 Å². The van der Waals surface area contributed by atoms with Gasteiger partial charge in [-0.15, -0.1) is 0 Å². The molecule has 7 rings (SSSR count). The molecule has 3 unspecified atom stereocenters. The lowest BCUT2D eigenvalue weighted by Gasteiger charge is -2.35. The van der Waals surface area contributed by atoms with Gasteiger partial charge >= 0.3 is 6.01 Å². The van der Waals surface area contributed by atoms with E-state index in [2.05, 4.69) is 32.5 Å². The van der Waals surface area contributed by atoms with Crippen molar-refractivity contribution < 1.29 is 9.13 Å². The van der Waals surface area contributed by atoms with Crippen molar-refractivity contribution in [3.8, 4) is 6.01 Å². The molecule has 3 atom stereocenters. The molecule has 1 aromatic heterocycles. The number of fused-ring (bicyclic) bond motifs is 4. The van der Waals surface area contributed by atoms with Gasteiger partial charge in [0.25, 0.3) is 0 Å². The summed E-state index contributed by atoms with van der Waals surface area (Å²) >= 11 is 0. The van der Waals surface area contributed by atoms with Crippen molar-refractivity contribution in [2.24, 2.45) is 0 Å². The van der Waals surface area contributed by atoms with Gasteiger partial charge in [-0.3, -0.25) is 0 Å². The molecule has 3 aromatic rings. The number of nitrogens with one attached hydrogen (secondary N) is 2. The number of hydrogen-bond acceptors (Lipinski definition) is 8. The average Bonchev–Trinajstić information content (AvgIpc) is 3.50. The number of likely N-dealkylation sites (tertiary alicyclic amines) is 1. The van der Waals surface area contributed by atoms with Crippen LogP contribution in [-0.2, 0) is 0 Å². The fourth-order valence-corrected chi connectivity index (χ4v) is 6.49. The largest absolute Gasteiger partial charge is 0.462 e. The zero-order chi connectivity index (χ0) is 24.9. The molecule has 37 heavy (non-hydrogen) atoms. The molecule has 3 saturated heterocycles. The van der Waals surface area contributed by atoms with Gasteiger partial charge in [-0.2, -0.15) is 9.97 Å². The Bertz CT molecular complexity index is 1310. The third-order valence-corrected chi connectivity index (χ3v) is 8.47. The van der Waals surface area contributed by atoms with Crippen LogP contribution in [0.25, 0.3) is 10.9 Å². The van der Waals surface area contributed by atoms with E-state index in [1.54, 1.807) is 0 Å². The highest BCUT2D eigenvalue weighted by molar-refractivity contribution is 5.94. The van der Waals surface area contributed by atoms with Crippen LogP contribution in [0.4, 0.5) is 27.3 Å².